The van der Waals surface area contributed by atoms with Crippen LogP contribution >= 0.6 is 23.1 Å². The molecule has 1 aromatic heterocycles. The van der Waals surface area contributed by atoms with E-state index >= 15 is 0 Å². The number of fused-ring (bicyclic) bond motifs is 1. The van der Waals surface area contributed by atoms with Gasteiger partial charge in [0, 0.05) is 24.2 Å². The number of carbonyl (C=O) groups is 2. The minimum atomic E-state index is -0.874. The number of amides is 1. The van der Waals surface area contributed by atoms with Crippen LogP contribution in [0.25, 0.3) is 0 Å². The zero-order chi connectivity index (χ0) is 14.0. The number of rotatable bonds is 4. The van der Waals surface area contributed by atoms with Gasteiger partial charge in [0.1, 0.15) is 0 Å². The molecule has 1 amide bonds. The lowest BCUT2D eigenvalue weighted by atomic mass is 10.1. The van der Waals surface area contributed by atoms with Gasteiger partial charge in [0.05, 0.1) is 10.8 Å². The topological polar surface area (TPSA) is 57.6 Å². The van der Waals surface area contributed by atoms with Gasteiger partial charge in [-0.3, -0.25) is 9.59 Å². The number of hydrogen-bond donors (Lipinski definition) is 1. The molecule has 2 rings (SSSR count). The molecule has 0 aliphatic carbocycles. The summed E-state index contributed by atoms with van der Waals surface area (Å²) in [5.41, 5.74) is 1.27. The number of aliphatic carboxylic acids is 1. The third-order valence-electron chi connectivity index (χ3n) is 3.15. The van der Waals surface area contributed by atoms with Crippen molar-refractivity contribution >= 4 is 35.0 Å². The summed E-state index contributed by atoms with van der Waals surface area (Å²) in [4.78, 5) is 26.6. The van der Waals surface area contributed by atoms with Crippen LogP contribution in [0, 0.1) is 5.92 Å². The summed E-state index contributed by atoms with van der Waals surface area (Å²) in [6, 6.07) is 1.97. The molecule has 104 valence electrons. The minimum absolute atomic E-state index is 0.0718. The Morgan fingerprint density at radius 1 is 1.53 bits per heavy atom. The highest BCUT2D eigenvalue weighted by Crippen LogP contribution is 2.32. The first-order valence-electron chi connectivity index (χ1n) is 6.16. The molecule has 1 aromatic rings. The minimum Gasteiger partial charge on any atom is -0.481 e. The van der Waals surface area contributed by atoms with E-state index in [4.69, 9.17) is 5.11 Å². The first kappa shape index (κ1) is 14.4. The largest absolute Gasteiger partial charge is 0.481 e. The first-order valence-corrected chi connectivity index (χ1v) is 8.13. The lowest BCUT2D eigenvalue weighted by Gasteiger charge is -2.18. The normalized spacial score (nSPS) is 15.7. The van der Waals surface area contributed by atoms with Crippen LogP contribution in [-0.4, -0.2) is 41.2 Å². The van der Waals surface area contributed by atoms with Crippen molar-refractivity contribution in [1.82, 2.24) is 4.90 Å². The molecule has 0 bridgehead atoms. The van der Waals surface area contributed by atoms with Gasteiger partial charge in [-0.1, -0.05) is 6.92 Å². The molecule has 0 saturated heterocycles. The van der Waals surface area contributed by atoms with Crippen LogP contribution < -0.4 is 0 Å². The van der Waals surface area contributed by atoms with Crippen molar-refractivity contribution in [3.05, 3.63) is 21.4 Å². The fourth-order valence-corrected chi connectivity index (χ4v) is 4.38. The molecule has 0 aromatic carbocycles. The van der Waals surface area contributed by atoms with Crippen LogP contribution in [0.15, 0.2) is 6.07 Å². The van der Waals surface area contributed by atoms with Crippen molar-refractivity contribution in [2.45, 2.75) is 19.1 Å². The Bertz CT molecular complexity index is 475. The van der Waals surface area contributed by atoms with Crippen LogP contribution in [-0.2, 0) is 17.0 Å². The van der Waals surface area contributed by atoms with Crippen molar-refractivity contribution in [2.75, 3.05) is 19.3 Å². The van der Waals surface area contributed by atoms with E-state index in [1.807, 2.05) is 17.8 Å². The Morgan fingerprint density at radius 2 is 2.26 bits per heavy atom. The molecule has 1 unspecified atom stereocenters. The Hall–Kier alpha value is -1.01. The average Bonchev–Trinajstić information content (AvgIpc) is 2.81. The summed E-state index contributed by atoms with van der Waals surface area (Å²) >= 11 is 3.44. The highest BCUT2D eigenvalue weighted by atomic mass is 32.2. The standard InChI is InChI=1S/C13H17NO3S2/c1-8(13(16)17)6-14(2)12(15)11-5-9-7-18-4-3-10(9)19-11/h5,8H,3-4,6-7H2,1-2H3,(H,16,17). The molecule has 19 heavy (non-hydrogen) atoms. The lowest BCUT2D eigenvalue weighted by molar-refractivity contribution is -0.141. The van der Waals surface area contributed by atoms with Crippen LogP contribution in [0.3, 0.4) is 0 Å². The van der Waals surface area contributed by atoms with Crippen molar-refractivity contribution in [3.8, 4) is 0 Å². The van der Waals surface area contributed by atoms with Crippen molar-refractivity contribution in [3.63, 3.8) is 0 Å². The van der Waals surface area contributed by atoms with Gasteiger partial charge < -0.3 is 10.0 Å². The predicted octanol–water partition coefficient (Wildman–Crippen LogP) is 2.33. The van der Waals surface area contributed by atoms with Crippen LogP contribution in [0.2, 0.25) is 0 Å². The van der Waals surface area contributed by atoms with Crippen molar-refractivity contribution in [2.24, 2.45) is 5.92 Å². The molecule has 1 atom stereocenters. The zero-order valence-electron chi connectivity index (χ0n) is 11.0. The lowest BCUT2D eigenvalue weighted by Crippen LogP contribution is -2.33. The monoisotopic (exact) mass is 299 g/mol. The average molecular weight is 299 g/mol. The van der Waals surface area contributed by atoms with Crippen molar-refractivity contribution < 1.29 is 14.7 Å². The molecule has 1 N–H and O–H groups in total. The van der Waals surface area contributed by atoms with Crippen LogP contribution in [0.1, 0.15) is 27.0 Å². The van der Waals surface area contributed by atoms with Crippen LogP contribution in [0.4, 0.5) is 0 Å². The highest BCUT2D eigenvalue weighted by Gasteiger charge is 2.22. The van der Waals surface area contributed by atoms with E-state index in [1.165, 1.54) is 15.3 Å². The molecule has 1 aliphatic heterocycles. The molecule has 2 heterocycles. The number of nitrogens with zero attached hydrogens (tertiary/aromatic N) is 1. The number of carbonyl (C=O) groups excluding carboxylic acids is 1. The number of aryl methyl sites for hydroxylation is 1. The van der Waals surface area contributed by atoms with Crippen molar-refractivity contribution in [1.29, 1.82) is 0 Å². The van der Waals surface area contributed by atoms with Gasteiger partial charge in [-0.05, 0) is 23.8 Å². The SMILES string of the molecule is CC(CN(C)C(=O)c1cc2c(s1)CCSC2)C(=O)O. The maximum absolute atomic E-state index is 12.3. The van der Waals surface area contributed by atoms with Gasteiger partial charge in [-0.15, -0.1) is 11.3 Å². The summed E-state index contributed by atoms with van der Waals surface area (Å²) in [6.45, 7) is 1.85. The van der Waals surface area contributed by atoms with E-state index in [1.54, 1.807) is 25.3 Å². The Balaban J connectivity index is 2.06. The fraction of sp³-hybridized carbons (Fsp3) is 0.538. The first-order chi connectivity index (χ1) is 8.99. The molecule has 0 radical (unpaired) electrons. The molecule has 0 spiro atoms. The number of thioether (sulfide) groups is 1. The quantitative estimate of drug-likeness (QED) is 0.927. The smallest absolute Gasteiger partial charge is 0.308 e. The molecular weight excluding hydrogens is 282 g/mol. The number of carboxylic acids is 1. The second-order valence-corrected chi connectivity index (χ2v) is 7.03. The van der Waals surface area contributed by atoms with Gasteiger partial charge in [0.25, 0.3) is 5.91 Å². The van der Waals surface area contributed by atoms with Gasteiger partial charge in [0.2, 0.25) is 0 Å². The third kappa shape index (κ3) is 3.30. The van der Waals surface area contributed by atoms with Gasteiger partial charge >= 0.3 is 5.97 Å². The molecule has 4 nitrogen and oxygen atoms in total. The second-order valence-electron chi connectivity index (χ2n) is 4.79. The highest BCUT2D eigenvalue weighted by molar-refractivity contribution is 7.98. The van der Waals surface area contributed by atoms with Crippen LogP contribution in [0.5, 0.6) is 0 Å². The van der Waals surface area contributed by atoms with Gasteiger partial charge in [0.15, 0.2) is 0 Å². The molecule has 6 heteroatoms. The fourth-order valence-electron chi connectivity index (χ4n) is 2.01. The Labute approximate surface area is 120 Å². The van der Waals surface area contributed by atoms with E-state index in [9.17, 15) is 9.59 Å². The second kappa shape index (κ2) is 5.96. The van der Waals surface area contributed by atoms with E-state index in [2.05, 4.69) is 0 Å². The summed E-state index contributed by atoms with van der Waals surface area (Å²) in [5, 5.41) is 8.88. The molecule has 0 saturated carbocycles. The number of carboxylic acid groups (broad SMARTS) is 1. The van der Waals surface area contributed by atoms with Gasteiger partial charge in [-0.2, -0.15) is 11.8 Å². The maximum Gasteiger partial charge on any atom is 0.308 e. The molecular formula is C13H17NO3S2. The summed E-state index contributed by atoms with van der Waals surface area (Å²) < 4.78 is 0. The van der Waals surface area contributed by atoms with Gasteiger partial charge in [-0.25, -0.2) is 0 Å². The maximum atomic E-state index is 12.3. The Morgan fingerprint density at radius 3 is 2.89 bits per heavy atom. The number of hydrogen-bond acceptors (Lipinski definition) is 4. The summed E-state index contributed by atoms with van der Waals surface area (Å²) in [5.74, 6) is 0.611. The van der Waals surface area contributed by atoms with E-state index in [0.717, 1.165) is 22.8 Å². The van der Waals surface area contributed by atoms with E-state index in [-0.39, 0.29) is 12.5 Å². The summed E-state index contributed by atoms with van der Waals surface area (Å²) in [6.07, 6.45) is 1.03. The Kier molecular flexibility index (Phi) is 4.52. The number of thiophene rings is 1. The third-order valence-corrected chi connectivity index (χ3v) is 5.39. The molecule has 1 aliphatic rings. The van der Waals surface area contributed by atoms with E-state index < -0.39 is 11.9 Å². The zero-order valence-corrected chi connectivity index (χ0v) is 12.6. The predicted molar refractivity (Wildman–Crippen MR) is 77.9 cm³/mol. The summed E-state index contributed by atoms with van der Waals surface area (Å²) in [7, 11) is 1.66. The van der Waals surface area contributed by atoms with E-state index in [0.29, 0.717) is 0 Å². The molecule has 0 fully saturated rings.